The monoisotopic (exact) mass is 364 g/mol. The molecule has 0 spiro atoms. The number of phenols is 1. The van der Waals surface area contributed by atoms with Crippen LogP contribution in [0.15, 0.2) is 64.2 Å². The maximum atomic E-state index is 12.5. The van der Waals surface area contributed by atoms with Gasteiger partial charge in [-0.05, 0) is 23.3 Å². The van der Waals surface area contributed by atoms with Crippen LogP contribution >= 0.6 is 0 Å². The zero-order chi connectivity index (χ0) is 19.0. The third-order valence-corrected chi connectivity index (χ3v) is 4.42. The predicted molar refractivity (Wildman–Crippen MR) is 99.0 cm³/mol. The molecule has 0 bridgehead atoms. The Bertz CT molecular complexity index is 1130. The SMILES string of the molecule is O=C1Nc2c(c(=O)[nH]c(=O)n2Cc2ccccc2)C(c2cccc(O)c2)N1. The van der Waals surface area contributed by atoms with Gasteiger partial charge >= 0.3 is 11.7 Å². The van der Waals surface area contributed by atoms with Crippen molar-refractivity contribution in [2.24, 2.45) is 0 Å². The van der Waals surface area contributed by atoms with Gasteiger partial charge in [0, 0.05) is 0 Å². The minimum atomic E-state index is -0.799. The van der Waals surface area contributed by atoms with E-state index in [4.69, 9.17) is 0 Å². The number of aromatic amines is 1. The summed E-state index contributed by atoms with van der Waals surface area (Å²) in [5, 5.41) is 15.0. The summed E-state index contributed by atoms with van der Waals surface area (Å²) in [4.78, 5) is 39.5. The first kappa shape index (κ1) is 16.6. The van der Waals surface area contributed by atoms with Gasteiger partial charge in [0.2, 0.25) is 0 Å². The first-order valence-corrected chi connectivity index (χ1v) is 8.30. The van der Waals surface area contributed by atoms with Crippen LogP contribution in [0, 0.1) is 0 Å². The number of carbonyl (C=O) groups is 1. The molecule has 27 heavy (non-hydrogen) atoms. The number of urea groups is 1. The summed E-state index contributed by atoms with van der Waals surface area (Å²) < 4.78 is 1.32. The third kappa shape index (κ3) is 3.08. The molecule has 0 saturated carbocycles. The Labute approximate surface area is 153 Å². The van der Waals surface area contributed by atoms with Crippen LogP contribution < -0.4 is 21.9 Å². The quantitative estimate of drug-likeness (QED) is 0.564. The minimum Gasteiger partial charge on any atom is -0.508 e. The van der Waals surface area contributed by atoms with Crippen LogP contribution in [0.25, 0.3) is 0 Å². The molecule has 0 radical (unpaired) electrons. The van der Waals surface area contributed by atoms with E-state index in [1.165, 1.54) is 16.7 Å². The van der Waals surface area contributed by atoms with Crippen molar-refractivity contribution in [2.45, 2.75) is 12.6 Å². The Balaban J connectivity index is 1.90. The molecular formula is C19H16N4O4. The molecule has 4 N–H and O–H groups in total. The first-order valence-electron chi connectivity index (χ1n) is 8.30. The number of phenolic OH excluding ortho intramolecular Hbond substituents is 1. The normalized spacial score (nSPS) is 15.6. The van der Waals surface area contributed by atoms with Crippen molar-refractivity contribution in [3.63, 3.8) is 0 Å². The number of hydrogen-bond acceptors (Lipinski definition) is 4. The molecule has 2 aromatic carbocycles. The number of nitrogens with one attached hydrogen (secondary N) is 3. The Kier molecular flexibility index (Phi) is 4.00. The Hall–Kier alpha value is -3.81. The van der Waals surface area contributed by atoms with Crippen LogP contribution in [0.1, 0.15) is 22.7 Å². The standard InChI is InChI=1S/C19H16N4O4/c24-13-8-4-7-12(9-13)15-14-16(21-18(26)20-15)23(19(27)22-17(14)25)10-11-5-2-1-3-6-11/h1-9,15,24H,10H2,(H2,20,21,26)(H,22,25,27). The second-order valence-electron chi connectivity index (χ2n) is 6.22. The average Bonchev–Trinajstić information content (AvgIpc) is 2.65. The molecule has 1 aromatic heterocycles. The van der Waals surface area contributed by atoms with Gasteiger partial charge in [-0.3, -0.25) is 19.7 Å². The topological polar surface area (TPSA) is 116 Å². The van der Waals surface area contributed by atoms with E-state index in [1.807, 2.05) is 30.3 Å². The predicted octanol–water partition coefficient (Wildman–Crippen LogP) is 1.51. The molecule has 4 rings (SSSR count). The van der Waals surface area contributed by atoms with E-state index < -0.39 is 23.3 Å². The molecular weight excluding hydrogens is 348 g/mol. The number of aromatic hydroxyl groups is 1. The molecule has 1 atom stereocenters. The summed E-state index contributed by atoms with van der Waals surface area (Å²) in [6.07, 6.45) is 0. The van der Waals surface area contributed by atoms with Crippen LogP contribution in [0.5, 0.6) is 5.75 Å². The molecule has 136 valence electrons. The molecule has 0 fully saturated rings. The summed E-state index contributed by atoms with van der Waals surface area (Å²) in [5.74, 6) is 0.153. The fourth-order valence-corrected chi connectivity index (χ4v) is 3.21. The van der Waals surface area contributed by atoms with E-state index in [0.29, 0.717) is 5.56 Å². The molecule has 8 nitrogen and oxygen atoms in total. The third-order valence-electron chi connectivity index (χ3n) is 4.42. The number of nitrogens with zero attached hydrogens (tertiary/aromatic N) is 1. The number of hydrogen-bond donors (Lipinski definition) is 4. The Morgan fingerprint density at radius 3 is 2.52 bits per heavy atom. The molecule has 0 aliphatic carbocycles. The smallest absolute Gasteiger partial charge is 0.330 e. The van der Waals surface area contributed by atoms with Gasteiger partial charge in [0.15, 0.2) is 0 Å². The van der Waals surface area contributed by atoms with Crippen molar-refractivity contribution in [2.75, 3.05) is 5.32 Å². The van der Waals surface area contributed by atoms with E-state index in [0.717, 1.165) is 5.56 Å². The molecule has 2 amide bonds. The van der Waals surface area contributed by atoms with Crippen molar-refractivity contribution in [1.82, 2.24) is 14.9 Å². The van der Waals surface area contributed by atoms with Crippen molar-refractivity contribution in [3.05, 3.63) is 92.1 Å². The number of benzene rings is 2. The number of H-pyrrole nitrogens is 1. The number of amides is 2. The minimum absolute atomic E-state index is 0.0101. The zero-order valence-corrected chi connectivity index (χ0v) is 14.1. The molecule has 3 aromatic rings. The lowest BCUT2D eigenvalue weighted by atomic mass is 9.98. The van der Waals surface area contributed by atoms with Gasteiger partial charge in [0.25, 0.3) is 5.56 Å². The lowest BCUT2D eigenvalue weighted by molar-refractivity contribution is 0.248. The van der Waals surface area contributed by atoms with Crippen molar-refractivity contribution >= 4 is 11.8 Å². The summed E-state index contributed by atoms with van der Waals surface area (Å²) in [7, 11) is 0. The molecule has 1 aliphatic heterocycles. The molecule has 0 saturated heterocycles. The highest BCUT2D eigenvalue weighted by Gasteiger charge is 2.31. The largest absolute Gasteiger partial charge is 0.508 e. The highest BCUT2D eigenvalue weighted by Crippen LogP contribution is 2.30. The second-order valence-corrected chi connectivity index (χ2v) is 6.22. The van der Waals surface area contributed by atoms with Crippen molar-refractivity contribution in [3.8, 4) is 5.75 Å². The number of rotatable bonds is 3. The Morgan fingerprint density at radius 1 is 1.00 bits per heavy atom. The molecule has 2 heterocycles. The van der Waals surface area contributed by atoms with E-state index in [-0.39, 0.29) is 23.7 Å². The summed E-state index contributed by atoms with van der Waals surface area (Å²) in [6, 6.07) is 14.2. The maximum Gasteiger partial charge on any atom is 0.330 e. The van der Waals surface area contributed by atoms with Gasteiger partial charge in [-0.1, -0.05) is 42.5 Å². The second kappa shape index (κ2) is 6.49. The van der Waals surface area contributed by atoms with Crippen molar-refractivity contribution < 1.29 is 9.90 Å². The lowest BCUT2D eigenvalue weighted by Crippen LogP contribution is -2.46. The van der Waals surface area contributed by atoms with Crippen LogP contribution in [-0.2, 0) is 6.54 Å². The van der Waals surface area contributed by atoms with Gasteiger partial charge < -0.3 is 10.4 Å². The molecule has 1 unspecified atom stereocenters. The van der Waals surface area contributed by atoms with E-state index in [2.05, 4.69) is 15.6 Å². The highest BCUT2D eigenvalue weighted by molar-refractivity contribution is 5.92. The van der Waals surface area contributed by atoms with E-state index >= 15 is 0 Å². The van der Waals surface area contributed by atoms with Gasteiger partial charge in [-0.15, -0.1) is 0 Å². The summed E-state index contributed by atoms with van der Waals surface area (Å²) in [6.45, 7) is 0.186. The zero-order valence-electron chi connectivity index (χ0n) is 14.1. The van der Waals surface area contributed by atoms with Gasteiger partial charge in [0.1, 0.15) is 11.6 Å². The highest BCUT2D eigenvalue weighted by atomic mass is 16.3. The van der Waals surface area contributed by atoms with Crippen LogP contribution in [-0.4, -0.2) is 20.7 Å². The van der Waals surface area contributed by atoms with E-state index in [1.54, 1.807) is 12.1 Å². The number of anilines is 1. The Morgan fingerprint density at radius 2 is 1.78 bits per heavy atom. The number of fused-ring (bicyclic) bond motifs is 1. The van der Waals surface area contributed by atoms with Gasteiger partial charge in [-0.25, -0.2) is 9.59 Å². The average molecular weight is 364 g/mol. The van der Waals surface area contributed by atoms with E-state index in [9.17, 15) is 19.5 Å². The summed E-state index contributed by atoms with van der Waals surface area (Å²) >= 11 is 0. The van der Waals surface area contributed by atoms with Crippen LogP contribution in [0.3, 0.4) is 0 Å². The van der Waals surface area contributed by atoms with Gasteiger partial charge in [0.05, 0.1) is 18.2 Å². The maximum absolute atomic E-state index is 12.5. The molecule has 1 aliphatic rings. The summed E-state index contributed by atoms with van der Waals surface area (Å²) in [5.41, 5.74) is 0.368. The van der Waals surface area contributed by atoms with Crippen LogP contribution in [0.2, 0.25) is 0 Å². The fraction of sp³-hybridized carbons (Fsp3) is 0.105. The number of carbonyl (C=O) groups excluding carboxylic acids is 1. The van der Waals surface area contributed by atoms with Gasteiger partial charge in [-0.2, -0.15) is 0 Å². The fourth-order valence-electron chi connectivity index (χ4n) is 3.21. The molecule has 8 heteroatoms. The van der Waals surface area contributed by atoms with Crippen LogP contribution in [0.4, 0.5) is 10.6 Å². The number of aromatic nitrogens is 2. The van der Waals surface area contributed by atoms with Crippen molar-refractivity contribution in [1.29, 1.82) is 0 Å². The lowest BCUT2D eigenvalue weighted by Gasteiger charge is -2.28. The first-order chi connectivity index (χ1) is 13.0.